The standard InChI is InChI=1S/C25H27FN2O2S/c26-20-6-2-3-7-21(20)27-24(30)19-5-1-4-8-22(19)31-15-23(29)28-25-12-16-9-17(13-25)11-18(10-16)14-25/h1-8,16-18H,9-15H2,(H,27,30)(H,28,29). The molecular formula is C25H27FN2O2S. The molecule has 6 heteroatoms. The van der Waals surface area contributed by atoms with Crippen molar-refractivity contribution in [3.05, 3.63) is 59.9 Å². The van der Waals surface area contributed by atoms with Crippen LogP contribution in [0, 0.1) is 23.6 Å². The lowest BCUT2D eigenvalue weighted by Crippen LogP contribution is -2.60. The lowest BCUT2D eigenvalue weighted by molar-refractivity contribution is -0.124. The van der Waals surface area contributed by atoms with E-state index < -0.39 is 5.82 Å². The molecule has 0 aliphatic heterocycles. The van der Waals surface area contributed by atoms with Gasteiger partial charge in [0.05, 0.1) is 17.0 Å². The molecule has 4 fully saturated rings. The normalized spacial score (nSPS) is 28.4. The number of amides is 2. The summed E-state index contributed by atoms with van der Waals surface area (Å²) >= 11 is 1.36. The van der Waals surface area contributed by atoms with E-state index in [2.05, 4.69) is 10.6 Å². The first-order valence-electron chi connectivity index (χ1n) is 11.1. The zero-order valence-electron chi connectivity index (χ0n) is 17.4. The Bertz CT molecular complexity index is 973. The first-order valence-corrected chi connectivity index (χ1v) is 12.1. The van der Waals surface area contributed by atoms with Crippen molar-refractivity contribution in [3.63, 3.8) is 0 Å². The van der Waals surface area contributed by atoms with Gasteiger partial charge < -0.3 is 10.6 Å². The molecule has 4 aliphatic rings. The molecule has 0 heterocycles. The maximum Gasteiger partial charge on any atom is 0.256 e. The van der Waals surface area contributed by atoms with Crippen LogP contribution in [0.2, 0.25) is 0 Å². The molecule has 4 nitrogen and oxygen atoms in total. The van der Waals surface area contributed by atoms with Crippen LogP contribution in [0.4, 0.5) is 10.1 Å². The molecule has 2 aromatic carbocycles. The molecular weight excluding hydrogens is 411 g/mol. The number of hydrogen-bond acceptors (Lipinski definition) is 3. The summed E-state index contributed by atoms with van der Waals surface area (Å²) in [6.45, 7) is 0. The monoisotopic (exact) mass is 438 g/mol. The number of halogens is 1. The van der Waals surface area contributed by atoms with Gasteiger partial charge in [-0.2, -0.15) is 0 Å². The van der Waals surface area contributed by atoms with E-state index in [1.165, 1.54) is 43.2 Å². The Balaban J connectivity index is 1.22. The molecule has 2 amide bonds. The zero-order chi connectivity index (χ0) is 21.4. The van der Waals surface area contributed by atoms with Crippen LogP contribution in [-0.2, 0) is 4.79 Å². The molecule has 162 valence electrons. The Labute approximate surface area is 186 Å². The van der Waals surface area contributed by atoms with E-state index in [1.807, 2.05) is 12.1 Å². The Morgan fingerprint density at radius 1 is 0.935 bits per heavy atom. The van der Waals surface area contributed by atoms with Crippen LogP contribution in [-0.4, -0.2) is 23.1 Å². The van der Waals surface area contributed by atoms with Crippen LogP contribution in [0.25, 0.3) is 0 Å². The predicted molar refractivity (Wildman–Crippen MR) is 121 cm³/mol. The fraction of sp³-hybridized carbons (Fsp3) is 0.440. The third-order valence-electron chi connectivity index (χ3n) is 7.06. The SMILES string of the molecule is O=C(CSc1ccccc1C(=O)Nc1ccccc1F)NC12CC3CC(CC(C3)C1)C2. The highest BCUT2D eigenvalue weighted by atomic mass is 32.2. The van der Waals surface area contributed by atoms with Crippen molar-refractivity contribution < 1.29 is 14.0 Å². The van der Waals surface area contributed by atoms with E-state index >= 15 is 0 Å². The number of hydrogen-bond donors (Lipinski definition) is 2. The molecule has 2 aromatic rings. The van der Waals surface area contributed by atoms with E-state index in [0.29, 0.717) is 5.56 Å². The quantitative estimate of drug-likeness (QED) is 0.605. The first kappa shape index (κ1) is 20.6. The van der Waals surface area contributed by atoms with E-state index in [4.69, 9.17) is 0 Å². The number of para-hydroxylation sites is 1. The number of benzene rings is 2. The van der Waals surface area contributed by atoms with Crippen LogP contribution in [0.5, 0.6) is 0 Å². The smallest absolute Gasteiger partial charge is 0.256 e. The summed E-state index contributed by atoms with van der Waals surface area (Å²) in [5, 5.41) is 6.01. The average molecular weight is 439 g/mol. The maximum absolute atomic E-state index is 13.9. The van der Waals surface area contributed by atoms with Crippen LogP contribution in [0.15, 0.2) is 53.4 Å². The first-order chi connectivity index (χ1) is 15.0. The minimum Gasteiger partial charge on any atom is -0.350 e. The van der Waals surface area contributed by atoms with Gasteiger partial charge in [-0.3, -0.25) is 9.59 Å². The van der Waals surface area contributed by atoms with Gasteiger partial charge in [0.25, 0.3) is 5.91 Å². The van der Waals surface area contributed by atoms with Gasteiger partial charge in [-0.05, 0) is 80.5 Å². The number of thioether (sulfide) groups is 1. The van der Waals surface area contributed by atoms with E-state index in [0.717, 1.165) is 41.9 Å². The summed E-state index contributed by atoms with van der Waals surface area (Å²) in [7, 11) is 0. The topological polar surface area (TPSA) is 58.2 Å². The summed E-state index contributed by atoms with van der Waals surface area (Å²) < 4.78 is 13.9. The van der Waals surface area contributed by atoms with Gasteiger partial charge >= 0.3 is 0 Å². The van der Waals surface area contributed by atoms with Gasteiger partial charge in [0, 0.05) is 10.4 Å². The largest absolute Gasteiger partial charge is 0.350 e. The molecule has 0 atom stereocenters. The second-order valence-electron chi connectivity index (χ2n) is 9.46. The molecule has 6 rings (SSSR count). The van der Waals surface area contributed by atoms with Crippen LogP contribution >= 0.6 is 11.8 Å². The highest BCUT2D eigenvalue weighted by molar-refractivity contribution is 8.00. The van der Waals surface area contributed by atoms with Crippen molar-refractivity contribution in [1.82, 2.24) is 5.32 Å². The Morgan fingerprint density at radius 2 is 1.55 bits per heavy atom. The Morgan fingerprint density at radius 3 is 2.23 bits per heavy atom. The van der Waals surface area contributed by atoms with Crippen molar-refractivity contribution in [1.29, 1.82) is 0 Å². The van der Waals surface area contributed by atoms with Crippen LogP contribution < -0.4 is 10.6 Å². The molecule has 4 aliphatic carbocycles. The van der Waals surface area contributed by atoms with Crippen LogP contribution in [0.1, 0.15) is 48.9 Å². The number of carbonyl (C=O) groups excluding carboxylic acids is 2. The molecule has 0 spiro atoms. The third-order valence-corrected chi connectivity index (χ3v) is 8.13. The molecule has 2 N–H and O–H groups in total. The van der Waals surface area contributed by atoms with Crippen molar-refractivity contribution in [2.75, 3.05) is 11.1 Å². The molecule has 4 bridgehead atoms. The highest BCUT2D eigenvalue weighted by Gasteiger charge is 2.51. The highest BCUT2D eigenvalue weighted by Crippen LogP contribution is 2.55. The van der Waals surface area contributed by atoms with Gasteiger partial charge in [-0.25, -0.2) is 4.39 Å². The van der Waals surface area contributed by atoms with Gasteiger partial charge in [0.1, 0.15) is 5.82 Å². The summed E-state index contributed by atoms with van der Waals surface area (Å²) in [5.41, 5.74) is 0.582. The second-order valence-corrected chi connectivity index (χ2v) is 10.5. The molecule has 0 radical (unpaired) electrons. The molecule has 31 heavy (non-hydrogen) atoms. The second kappa shape index (κ2) is 8.30. The van der Waals surface area contributed by atoms with Gasteiger partial charge in [-0.1, -0.05) is 24.3 Å². The van der Waals surface area contributed by atoms with E-state index in [1.54, 1.807) is 24.3 Å². The number of carbonyl (C=O) groups is 2. The van der Waals surface area contributed by atoms with Gasteiger partial charge in [0.15, 0.2) is 0 Å². The van der Waals surface area contributed by atoms with E-state index in [-0.39, 0.29) is 28.8 Å². The average Bonchev–Trinajstić information content (AvgIpc) is 2.73. The number of anilines is 1. The lowest BCUT2D eigenvalue weighted by Gasteiger charge is -2.56. The van der Waals surface area contributed by atoms with Gasteiger partial charge in [-0.15, -0.1) is 11.8 Å². The third kappa shape index (κ3) is 4.36. The fourth-order valence-electron chi connectivity index (χ4n) is 6.27. The Kier molecular flexibility index (Phi) is 5.51. The maximum atomic E-state index is 13.9. The fourth-order valence-corrected chi connectivity index (χ4v) is 7.12. The molecule has 4 saturated carbocycles. The minimum absolute atomic E-state index is 0.00583. The lowest BCUT2D eigenvalue weighted by atomic mass is 9.53. The van der Waals surface area contributed by atoms with Crippen molar-refractivity contribution in [3.8, 4) is 0 Å². The minimum atomic E-state index is -0.476. The number of rotatable bonds is 6. The zero-order valence-corrected chi connectivity index (χ0v) is 18.2. The van der Waals surface area contributed by atoms with Crippen molar-refractivity contribution >= 4 is 29.3 Å². The molecule has 0 saturated heterocycles. The summed E-state index contributed by atoms with van der Waals surface area (Å²) in [5.74, 6) is 1.79. The number of nitrogens with one attached hydrogen (secondary N) is 2. The van der Waals surface area contributed by atoms with Gasteiger partial charge in [0.2, 0.25) is 5.91 Å². The van der Waals surface area contributed by atoms with Crippen LogP contribution in [0.3, 0.4) is 0 Å². The van der Waals surface area contributed by atoms with Crippen molar-refractivity contribution in [2.24, 2.45) is 17.8 Å². The summed E-state index contributed by atoms with van der Waals surface area (Å²) in [6, 6.07) is 13.3. The summed E-state index contributed by atoms with van der Waals surface area (Å²) in [4.78, 5) is 26.3. The molecule has 0 unspecified atom stereocenters. The predicted octanol–water partition coefficient (Wildman–Crippen LogP) is 5.26. The summed E-state index contributed by atoms with van der Waals surface area (Å²) in [6.07, 6.45) is 7.39. The van der Waals surface area contributed by atoms with E-state index in [9.17, 15) is 14.0 Å². The van der Waals surface area contributed by atoms with Crippen molar-refractivity contribution in [2.45, 2.75) is 49.0 Å². The Hall–Kier alpha value is -2.34. The molecule has 0 aromatic heterocycles.